The smallest absolute Gasteiger partial charge is 0.247 e. The molecule has 0 radical (unpaired) electrons. The molecule has 1 N–H and O–H groups in total. The monoisotopic (exact) mass is 533 g/mol. The van der Waals surface area contributed by atoms with Crippen LogP contribution in [-0.4, -0.2) is 63.8 Å². The lowest BCUT2D eigenvalue weighted by Crippen LogP contribution is -2.48. The summed E-state index contributed by atoms with van der Waals surface area (Å²) in [6.07, 6.45) is 5.81. The molecular formula is C25H21ClFN9O2. The van der Waals surface area contributed by atoms with Crippen LogP contribution in [0.25, 0.3) is 22.6 Å². The summed E-state index contributed by atoms with van der Waals surface area (Å²) in [5.41, 5.74) is 2.46. The van der Waals surface area contributed by atoms with Gasteiger partial charge >= 0.3 is 0 Å². The average molecular weight is 534 g/mol. The van der Waals surface area contributed by atoms with Gasteiger partial charge in [0.05, 0.1) is 10.7 Å². The second-order valence-electron chi connectivity index (χ2n) is 9.18. The van der Waals surface area contributed by atoms with E-state index in [4.69, 9.17) is 11.6 Å². The summed E-state index contributed by atoms with van der Waals surface area (Å²) in [6.45, 7) is 0. The predicted octanol–water partition coefficient (Wildman–Crippen LogP) is 3.04. The minimum atomic E-state index is -0.649. The van der Waals surface area contributed by atoms with Gasteiger partial charge in [-0.05, 0) is 71.7 Å². The average Bonchev–Trinajstić information content (AvgIpc) is 3.67. The molecule has 2 aromatic carbocycles. The number of halogens is 2. The molecule has 2 atom stereocenters. The summed E-state index contributed by atoms with van der Waals surface area (Å²) < 4.78 is 18.2. The molecule has 4 heterocycles. The van der Waals surface area contributed by atoms with Crippen LogP contribution >= 0.6 is 11.6 Å². The molecule has 0 aliphatic carbocycles. The molecule has 2 amide bonds. The number of amides is 2. The molecule has 1 saturated heterocycles. The number of tetrazole rings is 1. The van der Waals surface area contributed by atoms with Crippen molar-refractivity contribution in [2.75, 3.05) is 5.32 Å². The molecule has 38 heavy (non-hydrogen) atoms. The Balaban J connectivity index is 1.22. The number of nitrogens with zero attached hydrogens (tertiary/aromatic N) is 8. The maximum Gasteiger partial charge on any atom is 0.247 e. The van der Waals surface area contributed by atoms with Crippen molar-refractivity contribution in [1.82, 2.24) is 39.9 Å². The van der Waals surface area contributed by atoms with E-state index in [0.29, 0.717) is 42.0 Å². The summed E-state index contributed by atoms with van der Waals surface area (Å²) in [4.78, 5) is 32.3. The fourth-order valence-electron chi connectivity index (χ4n) is 5.09. The minimum absolute atomic E-state index is 0.0684. The van der Waals surface area contributed by atoms with Crippen molar-refractivity contribution in [3.63, 3.8) is 0 Å². The van der Waals surface area contributed by atoms with Gasteiger partial charge in [-0.15, -0.1) is 5.10 Å². The van der Waals surface area contributed by atoms with Gasteiger partial charge in [0.1, 0.15) is 18.7 Å². The summed E-state index contributed by atoms with van der Waals surface area (Å²) in [5, 5.41) is 18.2. The fraction of sp³-hybridized carbons (Fsp3) is 0.240. The van der Waals surface area contributed by atoms with Crippen molar-refractivity contribution in [2.24, 2.45) is 7.05 Å². The van der Waals surface area contributed by atoms with E-state index >= 15 is 4.39 Å². The maximum absolute atomic E-state index is 15.2. The number of fused-ring (bicyclic) bond motifs is 1. The van der Waals surface area contributed by atoms with Crippen LogP contribution in [0.15, 0.2) is 55.1 Å². The molecule has 1 fully saturated rings. The summed E-state index contributed by atoms with van der Waals surface area (Å²) >= 11 is 6.08. The van der Waals surface area contributed by atoms with Gasteiger partial charge in [0.2, 0.25) is 11.8 Å². The van der Waals surface area contributed by atoms with Crippen LogP contribution in [-0.2, 0) is 16.6 Å². The standard InChI is InChI=1S/C25H21ClFN9O2/c1-34-12-28-24(31-34)14-2-4-16(5-3-14)30-25(38)20-8-6-17-10-15(11-21(37)36(17)20)22-19(35-13-29-32-33-35)9-7-18(26)23(22)27/h2-5,7,9,11-13,17,20H,6,8,10H2,1H3,(H,30,38)/t17?,20-/m0/s1. The van der Waals surface area contributed by atoms with E-state index in [1.54, 1.807) is 41.2 Å². The first kappa shape index (κ1) is 23.9. The number of carbonyl (C=O) groups is 2. The van der Waals surface area contributed by atoms with Gasteiger partial charge in [0, 0.05) is 36.0 Å². The van der Waals surface area contributed by atoms with Gasteiger partial charge in [-0.25, -0.2) is 9.37 Å². The Morgan fingerprint density at radius 1 is 1.13 bits per heavy atom. The Morgan fingerprint density at radius 2 is 1.95 bits per heavy atom. The van der Waals surface area contributed by atoms with Crippen LogP contribution in [0.3, 0.4) is 0 Å². The molecule has 13 heteroatoms. The largest absolute Gasteiger partial charge is 0.324 e. The van der Waals surface area contributed by atoms with E-state index in [-0.39, 0.29) is 28.4 Å². The molecular weight excluding hydrogens is 513 g/mol. The first-order chi connectivity index (χ1) is 18.4. The molecule has 2 aliphatic heterocycles. The summed E-state index contributed by atoms with van der Waals surface area (Å²) in [6, 6.07) is 9.33. The molecule has 192 valence electrons. The third-order valence-electron chi connectivity index (χ3n) is 6.81. The lowest BCUT2D eigenvalue weighted by molar-refractivity contribution is -0.135. The number of anilines is 1. The van der Waals surface area contributed by atoms with Crippen molar-refractivity contribution in [2.45, 2.75) is 31.3 Å². The Labute approximate surface area is 220 Å². The lowest BCUT2D eigenvalue weighted by atomic mass is 9.92. The predicted molar refractivity (Wildman–Crippen MR) is 135 cm³/mol. The van der Waals surface area contributed by atoms with Crippen LogP contribution in [0.2, 0.25) is 5.02 Å². The van der Waals surface area contributed by atoms with Crippen LogP contribution in [0.4, 0.5) is 10.1 Å². The van der Waals surface area contributed by atoms with Gasteiger partial charge in [-0.2, -0.15) is 9.78 Å². The highest BCUT2D eigenvalue weighted by Crippen LogP contribution is 2.40. The number of nitrogens with one attached hydrogen (secondary N) is 1. The zero-order chi connectivity index (χ0) is 26.4. The number of hydrogen-bond acceptors (Lipinski definition) is 7. The number of benzene rings is 2. The van der Waals surface area contributed by atoms with Gasteiger partial charge in [0.25, 0.3) is 0 Å². The molecule has 0 bridgehead atoms. The Hall–Kier alpha value is -4.45. The number of aromatic nitrogens is 7. The number of aryl methyl sites for hydroxylation is 1. The zero-order valence-corrected chi connectivity index (χ0v) is 20.9. The zero-order valence-electron chi connectivity index (χ0n) is 20.1. The Kier molecular flexibility index (Phi) is 5.95. The minimum Gasteiger partial charge on any atom is -0.324 e. The van der Waals surface area contributed by atoms with Crippen LogP contribution in [0.5, 0.6) is 0 Å². The third-order valence-corrected chi connectivity index (χ3v) is 7.10. The van der Waals surface area contributed by atoms with Crippen molar-refractivity contribution in [3.8, 4) is 17.1 Å². The van der Waals surface area contributed by atoms with Gasteiger partial charge < -0.3 is 10.2 Å². The van der Waals surface area contributed by atoms with E-state index in [9.17, 15) is 9.59 Å². The molecule has 4 aromatic rings. The van der Waals surface area contributed by atoms with Crippen LogP contribution in [0.1, 0.15) is 24.8 Å². The highest BCUT2D eigenvalue weighted by atomic mass is 35.5. The van der Waals surface area contributed by atoms with E-state index in [1.807, 2.05) is 12.1 Å². The normalized spacial score (nSPS) is 18.9. The summed E-state index contributed by atoms with van der Waals surface area (Å²) in [7, 11) is 1.79. The summed E-state index contributed by atoms with van der Waals surface area (Å²) in [5.74, 6) is -0.689. The van der Waals surface area contributed by atoms with Crippen LogP contribution in [0, 0.1) is 5.82 Å². The first-order valence-corrected chi connectivity index (χ1v) is 12.3. The topological polar surface area (TPSA) is 124 Å². The molecule has 6 rings (SSSR count). The van der Waals surface area contributed by atoms with E-state index in [0.717, 1.165) is 5.56 Å². The van der Waals surface area contributed by atoms with Gasteiger partial charge in [0.15, 0.2) is 11.6 Å². The van der Waals surface area contributed by atoms with Crippen molar-refractivity contribution < 1.29 is 14.0 Å². The van der Waals surface area contributed by atoms with Gasteiger partial charge in [-0.1, -0.05) is 11.6 Å². The molecule has 11 nitrogen and oxygen atoms in total. The van der Waals surface area contributed by atoms with E-state index < -0.39 is 11.9 Å². The quantitative estimate of drug-likeness (QED) is 0.418. The second kappa shape index (κ2) is 9.45. The molecule has 2 aliphatic rings. The highest BCUT2D eigenvalue weighted by Gasteiger charge is 2.43. The number of hydrogen-bond donors (Lipinski definition) is 1. The van der Waals surface area contributed by atoms with Crippen molar-refractivity contribution in [1.29, 1.82) is 0 Å². The van der Waals surface area contributed by atoms with Crippen molar-refractivity contribution >= 4 is 34.7 Å². The second-order valence-corrected chi connectivity index (χ2v) is 9.59. The Morgan fingerprint density at radius 3 is 2.66 bits per heavy atom. The maximum atomic E-state index is 15.2. The molecule has 0 saturated carbocycles. The van der Waals surface area contributed by atoms with E-state index in [1.165, 1.54) is 23.2 Å². The first-order valence-electron chi connectivity index (χ1n) is 11.9. The Bertz CT molecular complexity index is 1570. The van der Waals surface area contributed by atoms with Crippen LogP contribution < -0.4 is 5.32 Å². The number of rotatable bonds is 5. The van der Waals surface area contributed by atoms with Crippen molar-refractivity contribution in [3.05, 3.63) is 71.5 Å². The highest BCUT2D eigenvalue weighted by molar-refractivity contribution is 6.31. The lowest BCUT2D eigenvalue weighted by Gasteiger charge is -2.33. The third kappa shape index (κ3) is 4.22. The fourth-order valence-corrected chi connectivity index (χ4v) is 5.25. The molecule has 2 aromatic heterocycles. The molecule has 1 unspecified atom stereocenters. The van der Waals surface area contributed by atoms with Gasteiger partial charge in [-0.3, -0.25) is 14.3 Å². The number of carbonyl (C=O) groups excluding carboxylic acids is 2. The van der Waals surface area contributed by atoms with E-state index in [2.05, 4.69) is 30.9 Å². The molecule has 0 spiro atoms. The SMILES string of the molecule is Cn1cnc(-c2ccc(NC(=O)[C@@H]3CCC4CC(c5c(-n6cnnn6)ccc(Cl)c5F)=CC(=O)N43)cc2)n1.